The first-order chi connectivity index (χ1) is 12.0. The first-order valence-corrected chi connectivity index (χ1v) is 8.36. The van der Waals surface area contributed by atoms with Crippen LogP contribution < -0.4 is 10.9 Å². The molecule has 1 atom stereocenters. The molecule has 1 amide bonds. The fourth-order valence-corrected chi connectivity index (χ4v) is 2.89. The van der Waals surface area contributed by atoms with E-state index in [9.17, 15) is 9.59 Å². The first kappa shape index (κ1) is 17.2. The zero-order valence-electron chi connectivity index (χ0n) is 14.0. The molecule has 0 unspecified atom stereocenters. The van der Waals surface area contributed by atoms with E-state index in [0.29, 0.717) is 17.1 Å². The van der Waals surface area contributed by atoms with Crippen LogP contribution in [0.5, 0.6) is 0 Å². The van der Waals surface area contributed by atoms with Gasteiger partial charge in [-0.1, -0.05) is 29.8 Å². The summed E-state index contributed by atoms with van der Waals surface area (Å²) < 4.78 is 1.38. The van der Waals surface area contributed by atoms with Crippen molar-refractivity contribution in [3.8, 4) is 0 Å². The maximum Gasteiger partial charge on any atom is 0.270 e. The first-order valence-electron chi connectivity index (χ1n) is 7.98. The summed E-state index contributed by atoms with van der Waals surface area (Å²) in [5, 5.41) is 3.50. The average Bonchev–Trinajstić information content (AvgIpc) is 2.57. The third-order valence-corrected chi connectivity index (χ3v) is 4.34. The minimum absolute atomic E-state index is 0.0207. The quantitative estimate of drug-likeness (QED) is 0.782. The van der Waals surface area contributed by atoms with E-state index in [1.165, 1.54) is 10.6 Å². The van der Waals surface area contributed by atoms with Crippen molar-refractivity contribution in [1.29, 1.82) is 0 Å². The molecule has 0 aliphatic carbocycles. The summed E-state index contributed by atoms with van der Waals surface area (Å²) in [5.41, 5.74) is 2.10. The Morgan fingerprint density at radius 3 is 2.84 bits per heavy atom. The molecule has 3 aromatic rings. The van der Waals surface area contributed by atoms with E-state index in [4.69, 9.17) is 11.6 Å². The summed E-state index contributed by atoms with van der Waals surface area (Å²) in [4.78, 5) is 29.2. The largest absolute Gasteiger partial charge is 0.349 e. The third-order valence-electron chi connectivity index (χ3n) is 3.97. The molecule has 0 radical (unpaired) electrons. The van der Waals surface area contributed by atoms with E-state index >= 15 is 0 Å². The van der Waals surface area contributed by atoms with Crippen LogP contribution in [0.15, 0.2) is 53.6 Å². The summed E-state index contributed by atoms with van der Waals surface area (Å²) in [6.07, 6.45) is 3.53. The Kier molecular flexibility index (Phi) is 4.86. The molecule has 0 aliphatic rings. The van der Waals surface area contributed by atoms with Crippen molar-refractivity contribution in [2.24, 2.45) is 0 Å². The van der Waals surface area contributed by atoms with Crippen molar-refractivity contribution < 1.29 is 4.79 Å². The van der Waals surface area contributed by atoms with Gasteiger partial charge < -0.3 is 5.32 Å². The van der Waals surface area contributed by atoms with Crippen molar-refractivity contribution in [1.82, 2.24) is 14.7 Å². The lowest BCUT2D eigenvalue weighted by atomic mass is 10.1. The fraction of sp³-hybridized carbons (Fsp3) is 0.211. The van der Waals surface area contributed by atoms with Crippen LogP contribution in [0.2, 0.25) is 5.02 Å². The van der Waals surface area contributed by atoms with E-state index < -0.39 is 5.91 Å². The number of benzene rings is 1. The average molecular weight is 356 g/mol. The number of aryl methyl sites for hydroxylation is 1. The van der Waals surface area contributed by atoms with Crippen LogP contribution in [0.3, 0.4) is 0 Å². The van der Waals surface area contributed by atoms with Gasteiger partial charge in [-0.3, -0.25) is 14.0 Å². The molecule has 0 aliphatic heterocycles. The Balaban J connectivity index is 1.80. The van der Waals surface area contributed by atoms with Crippen molar-refractivity contribution in [2.45, 2.75) is 26.3 Å². The predicted octanol–water partition coefficient (Wildman–Crippen LogP) is 3.02. The second kappa shape index (κ2) is 7.07. The Hall–Kier alpha value is -2.66. The molecule has 128 valence electrons. The lowest BCUT2D eigenvalue weighted by Crippen LogP contribution is -2.38. The molecule has 0 bridgehead atoms. The van der Waals surface area contributed by atoms with Gasteiger partial charge in [0, 0.05) is 23.5 Å². The topological polar surface area (TPSA) is 63.5 Å². The van der Waals surface area contributed by atoms with Crippen LogP contribution in [-0.4, -0.2) is 21.3 Å². The molecule has 2 heterocycles. The van der Waals surface area contributed by atoms with Gasteiger partial charge in [0.25, 0.3) is 11.5 Å². The number of hydrogen-bond acceptors (Lipinski definition) is 3. The van der Waals surface area contributed by atoms with Gasteiger partial charge in [0.05, 0.1) is 0 Å². The highest BCUT2D eigenvalue weighted by atomic mass is 35.5. The number of rotatable bonds is 4. The van der Waals surface area contributed by atoms with Crippen molar-refractivity contribution in [2.75, 3.05) is 0 Å². The van der Waals surface area contributed by atoms with Crippen molar-refractivity contribution >= 4 is 23.2 Å². The van der Waals surface area contributed by atoms with Crippen molar-refractivity contribution in [3.63, 3.8) is 0 Å². The Morgan fingerprint density at radius 1 is 1.32 bits per heavy atom. The number of nitrogens with one attached hydrogen (secondary N) is 1. The minimum Gasteiger partial charge on any atom is -0.349 e. The summed E-state index contributed by atoms with van der Waals surface area (Å²) in [7, 11) is 0. The number of fused-ring (bicyclic) bond motifs is 1. The Bertz CT molecular complexity index is 997. The van der Waals surface area contributed by atoms with Gasteiger partial charge in [-0.2, -0.15) is 0 Å². The number of carbonyl (C=O) groups is 1. The molecule has 5 nitrogen and oxygen atoms in total. The Morgan fingerprint density at radius 2 is 2.08 bits per heavy atom. The molecule has 25 heavy (non-hydrogen) atoms. The van der Waals surface area contributed by atoms with E-state index in [2.05, 4.69) is 10.3 Å². The molecule has 0 saturated heterocycles. The van der Waals surface area contributed by atoms with E-state index in [0.717, 1.165) is 11.1 Å². The number of amides is 1. The molecular weight excluding hydrogens is 338 g/mol. The van der Waals surface area contributed by atoms with Gasteiger partial charge in [-0.15, -0.1) is 0 Å². The number of hydrogen-bond donors (Lipinski definition) is 1. The van der Waals surface area contributed by atoms with E-state index in [1.807, 2.05) is 38.1 Å². The Labute approximate surface area is 150 Å². The maximum atomic E-state index is 12.5. The van der Waals surface area contributed by atoms with E-state index in [-0.39, 0.29) is 17.2 Å². The lowest BCUT2D eigenvalue weighted by molar-refractivity contribution is 0.0938. The third kappa shape index (κ3) is 3.72. The minimum atomic E-state index is -0.438. The number of carbonyl (C=O) groups excluding carboxylic acids is 1. The molecule has 2 aromatic heterocycles. The molecule has 1 N–H and O–H groups in total. The zero-order chi connectivity index (χ0) is 18.0. The summed E-state index contributed by atoms with van der Waals surface area (Å²) in [5.74, 6) is -0.438. The normalized spacial score (nSPS) is 12.1. The number of aromatic nitrogens is 2. The fourth-order valence-electron chi connectivity index (χ4n) is 2.68. The second-order valence-corrected chi connectivity index (χ2v) is 6.49. The highest BCUT2D eigenvalue weighted by molar-refractivity contribution is 6.31. The highest BCUT2D eigenvalue weighted by Crippen LogP contribution is 2.16. The van der Waals surface area contributed by atoms with Gasteiger partial charge in [0.1, 0.15) is 11.2 Å². The van der Waals surface area contributed by atoms with Gasteiger partial charge in [0.2, 0.25) is 0 Å². The number of pyridine rings is 1. The SMILES string of the molecule is Cc1ccn2c(=O)c(C(=O)N[C@H](C)Cc3ccccc3Cl)cnc2c1. The molecule has 0 saturated carbocycles. The van der Waals surface area contributed by atoms with Crippen LogP contribution in [0, 0.1) is 6.92 Å². The van der Waals surface area contributed by atoms with E-state index in [1.54, 1.807) is 18.3 Å². The lowest BCUT2D eigenvalue weighted by Gasteiger charge is -2.15. The standard InChI is InChI=1S/C19H18ClN3O2/c1-12-7-8-23-17(9-12)21-11-15(19(23)25)18(24)22-13(2)10-14-5-3-4-6-16(14)20/h3-9,11,13H,10H2,1-2H3,(H,22,24)/t13-/m1/s1. The number of nitrogens with zero attached hydrogens (tertiary/aromatic N) is 2. The van der Waals surface area contributed by atoms with Crippen LogP contribution in [0.4, 0.5) is 0 Å². The molecule has 3 rings (SSSR count). The van der Waals surface area contributed by atoms with Gasteiger partial charge in [-0.25, -0.2) is 4.98 Å². The molecular formula is C19H18ClN3O2. The maximum absolute atomic E-state index is 12.5. The van der Waals surface area contributed by atoms with Crippen LogP contribution >= 0.6 is 11.6 Å². The number of halogens is 1. The summed E-state index contributed by atoms with van der Waals surface area (Å²) in [6, 6.07) is 10.9. The predicted molar refractivity (Wildman–Crippen MR) is 98.3 cm³/mol. The highest BCUT2D eigenvalue weighted by Gasteiger charge is 2.16. The van der Waals surface area contributed by atoms with Crippen LogP contribution in [0.25, 0.3) is 5.65 Å². The van der Waals surface area contributed by atoms with Crippen LogP contribution in [-0.2, 0) is 6.42 Å². The molecule has 6 heteroatoms. The second-order valence-electron chi connectivity index (χ2n) is 6.08. The molecule has 0 spiro atoms. The van der Waals surface area contributed by atoms with Gasteiger partial charge in [-0.05, 0) is 49.6 Å². The summed E-state index contributed by atoms with van der Waals surface area (Å²) in [6.45, 7) is 3.79. The summed E-state index contributed by atoms with van der Waals surface area (Å²) >= 11 is 6.15. The zero-order valence-corrected chi connectivity index (χ0v) is 14.7. The van der Waals surface area contributed by atoms with Crippen molar-refractivity contribution in [3.05, 3.63) is 80.9 Å². The van der Waals surface area contributed by atoms with Gasteiger partial charge >= 0.3 is 0 Å². The van der Waals surface area contributed by atoms with Crippen LogP contribution in [0.1, 0.15) is 28.4 Å². The smallest absolute Gasteiger partial charge is 0.270 e. The van der Waals surface area contributed by atoms with Gasteiger partial charge in [0.15, 0.2) is 0 Å². The monoisotopic (exact) mass is 355 g/mol. The molecule has 1 aromatic carbocycles. The molecule has 0 fully saturated rings.